The van der Waals surface area contributed by atoms with Crippen molar-refractivity contribution in [2.45, 2.75) is 95.8 Å². The Balaban J connectivity index is 0. The van der Waals surface area contributed by atoms with E-state index in [1.807, 2.05) is 6.92 Å². The summed E-state index contributed by atoms with van der Waals surface area (Å²) in [5.41, 5.74) is 0. The molecule has 2 atom stereocenters. The van der Waals surface area contributed by atoms with Crippen molar-refractivity contribution >= 4 is 10.1 Å². The van der Waals surface area contributed by atoms with E-state index in [0.29, 0.717) is 25.7 Å². The number of aliphatic hydroxyl groups excluding tert-OH is 1. The van der Waals surface area contributed by atoms with Gasteiger partial charge in [-0.05, 0) is 25.7 Å². The van der Waals surface area contributed by atoms with Crippen LogP contribution < -0.4 is 29.6 Å². The van der Waals surface area contributed by atoms with Crippen molar-refractivity contribution in [2.75, 3.05) is 0 Å². The van der Waals surface area contributed by atoms with Crippen LogP contribution in [-0.2, 0) is 10.1 Å². The van der Waals surface area contributed by atoms with E-state index in [1.165, 1.54) is 0 Å². The molecule has 0 heterocycles. The van der Waals surface area contributed by atoms with Gasteiger partial charge in [-0.25, -0.2) is 8.42 Å². The summed E-state index contributed by atoms with van der Waals surface area (Å²) in [6.45, 7) is 4.13. The fourth-order valence-electron chi connectivity index (χ4n) is 2.46. The van der Waals surface area contributed by atoms with E-state index in [0.717, 1.165) is 44.9 Å². The Kier molecular flexibility index (Phi) is 16.6. The van der Waals surface area contributed by atoms with E-state index in [-0.39, 0.29) is 35.7 Å². The van der Waals surface area contributed by atoms with Gasteiger partial charge in [0.1, 0.15) is 0 Å². The zero-order chi connectivity index (χ0) is 15.4. The van der Waals surface area contributed by atoms with Crippen LogP contribution in [0.25, 0.3) is 0 Å². The van der Waals surface area contributed by atoms with Crippen LogP contribution in [0.5, 0.6) is 0 Å². The Morgan fingerprint density at radius 1 is 0.857 bits per heavy atom. The molecule has 0 aliphatic heterocycles. The van der Waals surface area contributed by atoms with Gasteiger partial charge < -0.3 is 9.66 Å². The number of hydrogen-bond acceptors (Lipinski definition) is 4. The van der Waals surface area contributed by atoms with Crippen molar-refractivity contribution in [3.05, 3.63) is 0 Å². The first-order valence-corrected chi connectivity index (χ1v) is 9.51. The summed E-state index contributed by atoms with van der Waals surface area (Å²) in [5.74, 6) is 0. The molecule has 0 fully saturated rings. The molecular weight excluding hydrogens is 299 g/mol. The quantitative estimate of drug-likeness (QED) is 0.305. The topological polar surface area (TPSA) is 77.4 Å². The summed E-state index contributed by atoms with van der Waals surface area (Å²) in [6.07, 6.45) is 8.61. The summed E-state index contributed by atoms with van der Waals surface area (Å²) in [4.78, 5) is 0. The molecule has 0 bridgehead atoms. The summed E-state index contributed by atoms with van der Waals surface area (Å²) in [6, 6.07) is 0. The van der Waals surface area contributed by atoms with Crippen LogP contribution in [-0.4, -0.2) is 29.4 Å². The molecule has 0 aliphatic carbocycles. The van der Waals surface area contributed by atoms with Crippen LogP contribution in [0.3, 0.4) is 0 Å². The second kappa shape index (κ2) is 14.5. The van der Waals surface area contributed by atoms with Crippen molar-refractivity contribution in [1.82, 2.24) is 0 Å². The predicted molar refractivity (Wildman–Crippen MR) is 81.6 cm³/mol. The molecule has 1 N–H and O–H groups in total. The fraction of sp³-hybridized carbons (Fsp3) is 1.00. The molecule has 0 saturated carbocycles. The van der Waals surface area contributed by atoms with E-state index in [4.69, 9.17) is 0 Å². The zero-order valence-electron chi connectivity index (χ0n) is 14.0. The summed E-state index contributed by atoms with van der Waals surface area (Å²) in [5, 5.41) is 8.86. The van der Waals surface area contributed by atoms with Gasteiger partial charge in [-0.1, -0.05) is 58.8 Å². The Morgan fingerprint density at radius 2 is 1.38 bits per heavy atom. The standard InChI is InChI=1S/C15H32O4S.Na/c1-3-5-6-7-12-15(20(17,18)19)13-9-8-11-14(16)10-4-2;/h14-16H,3-13H2,1-2H3,(H,17,18,19);/q;+1/p-1. The third kappa shape index (κ3) is 14.2. The maximum atomic E-state index is 11.2. The Bertz CT molecular complexity index is 320. The number of rotatable bonds is 13. The van der Waals surface area contributed by atoms with Crippen LogP contribution in [0.1, 0.15) is 84.5 Å². The second-order valence-electron chi connectivity index (χ2n) is 5.69. The zero-order valence-corrected chi connectivity index (χ0v) is 16.8. The molecule has 0 aliphatic rings. The van der Waals surface area contributed by atoms with Gasteiger partial charge >= 0.3 is 29.6 Å². The average molecular weight is 330 g/mol. The van der Waals surface area contributed by atoms with Gasteiger partial charge in [-0.3, -0.25) is 0 Å². The monoisotopic (exact) mass is 330 g/mol. The fourth-order valence-corrected chi connectivity index (χ4v) is 3.37. The molecule has 0 rings (SSSR count). The van der Waals surface area contributed by atoms with Crippen molar-refractivity contribution in [3.63, 3.8) is 0 Å². The minimum atomic E-state index is -4.18. The minimum absolute atomic E-state index is 0. The maximum absolute atomic E-state index is 11.2. The summed E-state index contributed by atoms with van der Waals surface area (Å²) in [7, 11) is -4.18. The van der Waals surface area contributed by atoms with Crippen LogP contribution in [0, 0.1) is 0 Å². The maximum Gasteiger partial charge on any atom is 1.00 e. The molecule has 0 saturated heterocycles. The van der Waals surface area contributed by atoms with E-state index in [2.05, 4.69) is 6.92 Å². The minimum Gasteiger partial charge on any atom is -0.748 e. The van der Waals surface area contributed by atoms with Gasteiger partial charge in [0.05, 0.1) is 16.2 Å². The van der Waals surface area contributed by atoms with Crippen LogP contribution in [0.15, 0.2) is 0 Å². The average Bonchev–Trinajstić information content (AvgIpc) is 2.35. The predicted octanol–water partition coefficient (Wildman–Crippen LogP) is 0.596. The largest absolute Gasteiger partial charge is 1.00 e. The molecule has 4 nitrogen and oxygen atoms in total. The molecule has 0 radical (unpaired) electrons. The number of aliphatic hydroxyl groups is 1. The molecule has 122 valence electrons. The molecule has 21 heavy (non-hydrogen) atoms. The summed E-state index contributed by atoms with van der Waals surface area (Å²) >= 11 is 0. The van der Waals surface area contributed by atoms with Crippen molar-refractivity contribution < 1.29 is 47.6 Å². The van der Waals surface area contributed by atoms with Crippen LogP contribution in [0.4, 0.5) is 0 Å². The van der Waals surface area contributed by atoms with Gasteiger partial charge in [-0.15, -0.1) is 0 Å². The van der Waals surface area contributed by atoms with Crippen molar-refractivity contribution in [1.29, 1.82) is 0 Å². The third-order valence-corrected chi connectivity index (χ3v) is 5.01. The van der Waals surface area contributed by atoms with E-state index < -0.39 is 15.4 Å². The van der Waals surface area contributed by atoms with Crippen LogP contribution in [0.2, 0.25) is 0 Å². The molecule has 0 spiro atoms. The molecule has 0 aromatic rings. The molecule has 2 unspecified atom stereocenters. The third-order valence-electron chi connectivity index (χ3n) is 3.72. The van der Waals surface area contributed by atoms with Gasteiger partial charge in [0, 0.05) is 5.25 Å². The van der Waals surface area contributed by atoms with E-state index >= 15 is 0 Å². The first-order valence-electron chi connectivity index (χ1n) is 8.04. The van der Waals surface area contributed by atoms with Crippen LogP contribution >= 0.6 is 0 Å². The summed E-state index contributed by atoms with van der Waals surface area (Å²) < 4.78 is 33.7. The molecule has 0 aromatic carbocycles. The first kappa shape index (κ1) is 24.1. The molecular formula is C15H31NaO4S. The van der Waals surface area contributed by atoms with E-state index in [1.54, 1.807) is 0 Å². The normalized spacial score (nSPS) is 14.5. The Hall–Kier alpha value is 0.870. The molecule has 0 aromatic heterocycles. The number of hydrogen-bond donors (Lipinski definition) is 1. The second-order valence-corrected chi connectivity index (χ2v) is 7.34. The molecule has 6 heteroatoms. The van der Waals surface area contributed by atoms with Gasteiger partial charge in [0.15, 0.2) is 0 Å². The van der Waals surface area contributed by atoms with Gasteiger partial charge in [-0.2, -0.15) is 0 Å². The van der Waals surface area contributed by atoms with Gasteiger partial charge in [0.25, 0.3) is 0 Å². The first-order chi connectivity index (χ1) is 9.41. The molecule has 0 amide bonds. The Labute approximate surface area is 153 Å². The number of unbranched alkanes of at least 4 members (excludes halogenated alkanes) is 4. The van der Waals surface area contributed by atoms with Gasteiger partial charge in [0.2, 0.25) is 0 Å². The Morgan fingerprint density at radius 3 is 1.86 bits per heavy atom. The van der Waals surface area contributed by atoms with E-state index in [9.17, 15) is 18.1 Å². The van der Waals surface area contributed by atoms with Crippen molar-refractivity contribution in [2.24, 2.45) is 0 Å². The SMILES string of the molecule is CCCCCCC(CCCCC(O)CCC)S(=O)(=O)[O-].[Na+]. The van der Waals surface area contributed by atoms with Crippen molar-refractivity contribution in [3.8, 4) is 0 Å². The smallest absolute Gasteiger partial charge is 0.748 e.